The van der Waals surface area contributed by atoms with E-state index in [2.05, 4.69) is 0 Å². The second-order valence-corrected chi connectivity index (χ2v) is 5.64. The maximum absolute atomic E-state index is 11.2. The van der Waals surface area contributed by atoms with Crippen molar-refractivity contribution in [2.24, 2.45) is 0 Å². The highest BCUT2D eigenvalue weighted by Crippen LogP contribution is 2.38. The van der Waals surface area contributed by atoms with Crippen LogP contribution in [0.2, 0.25) is 0 Å². The molecule has 0 fully saturated rings. The predicted molar refractivity (Wildman–Crippen MR) is 87.6 cm³/mol. The van der Waals surface area contributed by atoms with Gasteiger partial charge in [0.05, 0.1) is 7.11 Å². The van der Waals surface area contributed by atoms with Crippen LogP contribution in [0.15, 0.2) is 12.1 Å². The summed E-state index contributed by atoms with van der Waals surface area (Å²) >= 11 is 0. The average molecular weight is 308 g/mol. The topological polar surface area (TPSA) is 66.8 Å². The number of phenols is 2. The first-order chi connectivity index (χ1) is 10.6. The van der Waals surface area contributed by atoms with Crippen LogP contribution < -0.4 is 4.74 Å². The molecule has 1 rings (SSSR count). The fraction of sp³-hybridized carbons (Fsp3) is 0.611. The van der Waals surface area contributed by atoms with Crippen molar-refractivity contribution in [2.75, 3.05) is 7.11 Å². The third-order valence-electron chi connectivity index (χ3n) is 3.94. The predicted octanol–water partition coefficient (Wildman–Crippen LogP) is 4.36. The molecule has 0 unspecified atom stereocenters. The van der Waals surface area contributed by atoms with Gasteiger partial charge in [0.25, 0.3) is 0 Å². The molecule has 0 atom stereocenters. The summed E-state index contributed by atoms with van der Waals surface area (Å²) in [7, 11) is 1.43. The number of hydrogen-bond acceptors (Lipinski definition) is 4. The van der Waals surface area contributed by atoms with Gasteiger partial charge in [0.2, 0.25) is 5.75 Å². The van der Waals surface area contributed by atoms with Gasteiger partial charge in [-0.15, -0.1) is 0 Å². The molecule has 4 nitrogen and oxygen atoms in total. The Bertz CT molecular complexity index is 468. The van der Waals surface area contributed by atoms with Gasteiger partial charge in [-0.2, -0.15) is 0 Å². The lowest BCUT2D eigenvalue weighted by atomic mass is 10.0. The fourth-order valence-corrected chi connectivity index (χ4v) is 2.53. The average Bonchev–Trinajstić information content (AvgIpc) is 2.52. The number of ether oxygens (including phenoxy) is 1. The molecule has 2 N–H and O–H groups in total. The summed E-state index contributed by atoms with van der Waals surface area (Å²) in [5.74, 6) is 0.515. The van der Waals surface area contributed by atoms with Crippen LogP contribution in [0.5, 0.6) is 17.2 Å². The molecule has 0 saturated carbocycles. The zero-order chi connectivity index (χ0) is 16.4. The SMILES string of the molecule is CCC(=O)CCCCCCCCc1ccc(O)c(OC)c1O. The molecule has 0 spiro atoms. The molecule has 0 radical (unpaired) electrons. The summed E-state index contributed by atoms with van der Waals surface area (Å²) in [4.78, 5) is 11.2. The largest absolute Gasteiger partial charge is 0.504 e. The lowest BCUT2D eigenvalue weighted by Gasteiger charge is -2.10. The van der Waals surface area contributed by atoms with Gasteiger partial charge in [-0.1, -0.05) is 38.7 Å². The Kier molecular flexibility index (Phi) is 8.41. The van der Waals surface area contributed by atoms with E-state index in [1.165, 1.54) is 7.11 Å². The molecule has 124 valence electrons. The summed E-state index contributed by atoms with van der Waals surface area (Å²) in [5, 5.41) is 19.6. The third-order valence-corrected chi connectivity index (χ3v) is 3.94. The molecule has 0 aromatic heterocycles. The minimum absolute atomic E-state index is 0.0367. The highest BCUT2D eigenvalue weighted by Gasteiger charge is 2.12. The Hall–Kier alpha value is -1.71. The number of aryl methyl sites for hydroxylation is 1. The van der Waals surface area contributed by atoms with Gasteiger partial charge in [0.1, 0.15) is 5.78 Å². The molecule has 0 heterocycles. The van der Waals surface area contributed by atoms with Crippen molar-refractivity contribution in [3.8, 4) is 17.2 Å². The summed E-state index contributed by atoms with van der Waals surface area (Å²) in [6.45, 7) is 1.91. The number of Topliss-reactive ketones (excluding diaryl/α,β-unsaturated/α-hetero) is 1. The van der Waals surface area contributed by atoms with Crippen LogP contribution in [0.3, 0.4) is 0 Å². The van der Waals surface area contributed by atoms with Crippen LogP contribution in [-0.4, -0.2) is 23.1 Å². The molecule has 0 aliphatic heterocycles. The van der Waals surface area contributed by atoms with Crippen molar-refractivity contribution in [2.45, 2.75) is 64.7 Å². The van der Waals surface area contributed by atoms with E-state index in [4.69, 9.17) is 4.74 Å². The molecule has 1 aromatic rings. The lowest BCUT2D eigenvalue weighted by Crippen LogP contribution is -1.94. The minimum Gasteiger partial charge on any atom is -0.504 e. The highest BCUT2D eigenvalue weighted by atomic mass is 16.5. The second-order valence-electron chi connectivity index (χ2n) is 5.64. The molecule has 4 heteroatoms. The van der Waals surface area contributed by atoms with Gasteiger partial charge in [-0.3, -0.25) is 4.79 Å². The van der Waals surface area contributed by atoms with Crippen molar-refractivity contribution in [1.29, 1.82) is 0 Å². The number of unbranched alkanes of at least 4 members (excludes halogenated alkanes) is 5. The molecule has 0 bridgehead atoms. The Morgan fingerprint density at radius 3 is 2.32 bits per heavy atom. The number of phenolic OH excluding ortho intramolecular Hbond substituents is 2. The molecule has 0 amide bonds. The van der Waals surface area contributed by atoms with E-state index < -0.39 is 0 Å². The monoisotopic (exact) mass is 308 g/mol. The maximum atomic E-state index is 11.2. The number of benzene rings is 1. The smallest absolute Gasteiger partial charge is 0.203 e. The van der Waals surface area contributed by atoms with Crippen LogP contribution in [0.4, 0.5) is 0 Å². The fourth-order valence-electron chi connectivity index (χ4n) is 2.53. The first-order valence-electron chi connectivity index (χ1n) is 8.19. The first-order valence-corrected chi connectivity index (χ1v) is 8.19. The number of carbonyl (C=O) groups excluding carboxylic acids is 1. The number of ketones is 1. The molecule has 0 aliphatic rings. The Morgan fingerprint density at radius 2 is 1.68 bits per heavy atom. The van der Waals surface area contributed by atoms with Crippen molar-refractivity contribution in [3.05, 3.63) is 17.7 Å². The van der Waals surface area contributed by atoms with Gasteiger partial charge < -0.3 is 14.9 Å². The number of aromatic hydroxyl groups is 2. The molecule has 0 saturated heterocycles. The third kappa shape index (κ3) is 5.96. The van der Waals surface area contributed by atoms with Gasteiger partial charge in [-0.05, 0) is 30.9 Å². The summed E-state index contributed by atoms with van der Waals surface area (Å²) in [6.07, 6.45) is 8.67. The quantitative estimate of drug-likeness (QED) is 0.596. The molecule has 1 aromatic carbocycles. The highest BCUT2D eigenvalue weighted by molar-refractivity contribution is 5.77. The molecular formula is C18H28O4. The van der Waals surface area contributed by atoms with Gasteiger partial charge in [0, 0.05) is 12.8 Å². The van der Waals surface area contributed by atoms with Gasteiger partial charge in [0.15, 0.2) is 11.5 Å². The van der Waals surface area contributed by atoms with E-state index >= 15 is 0 Å². The van der Waals surface area contributed by atoms with Crippen LogP contribution in [-0.2, 0) is 11.2 Å². The Labute approximate surface area is 133 Å². The second kappa shape index (κ2) is 10.1. The lowest BCUT2D eigenvalue weighted by molar-refractivity contribution is -0.118. The van der Waals surface area contributed by atoms with Gasteiger partial charge in [-0.25, -0.2) is 0 Å². The summed E-state index contributed by atoms with van der Waals surface area (Å²) in [5.41, 5.74) is 0.809. The zero-order valence-electron chi connectivity index (χ0n) is 13.7. The number of carbonyl (C=O) groups is 1. The van der Waals surface area contributed by atoms with Crippen LogP contribution in [0, 0.1) is 0 Å². The minimum atomic E-state index is -0.0367. The number of rotatable bonds is 11. The molecule has 22 heavy (non-hydrogen) atoms. The number of hydrogen-bond donors (Lipinski definition) is 2. The Morgan fingerprint density at radius 1 is 1.05 bits per heavy atom. The van der Waals surface area contributed by atoms with Crippen molar-refractivity contribution in [3.63, 3.8) is 0 Å². The van der Waals surface area contributed by atoms with Crippen molar-refractivity contribution in [1.82, 2.24) is 0 Å². The molecule has 0 aliphatic carbocycles. The standard InChI is InChI=1S/C18H28O4/c1-3-15(19)11-9-7-5-4-6-8-10-14-12-13-16(20)18(22-2)17(14)21/h12-13,20-21H,3-11H2,1-2H3. The van der Waals surface area contributed by atoms with Crippen molar-refractivity contribution < 1.29 is 19.7 Å². The van der Waals surface area contributed by atoms with Crippen LogP contribution in [0.25, 0.3) is 0 Å². The van der Waals surface area contributed by atoms with Crippen molar-refractivity contribution >= 4 is 5.78 Å². The maximum Gasteiger partial charge on any atom is 0.203 e. The first kappa shape index (κ1) is 18.3. The van der Waals surface area contributed by atoms with E-state index in [1.807, 2.05) is 6.92 Å². The normalized spacial score (nSPS) is 10.6. The summed E-state index contributed by atoms with van der Waals surface area (Å²) in [6, 6.07) is 3.29. The summed E-state index contributed by atoms with van der Waals surface area (Å²) < 4.78 is 4.99. The van der Waals surface area contributed by atoms with Crippen LogP contribution >= 0.6 is 0 Å². The Balaban J connectivity index is 2.19. The van der Waals surface area contributed by atoms with Crippen LogP contribution in [0.1, 0.15) is 63.9 Å². The number of methoxy groups -OCH3 is 1. The molecular weight excluding hydrogens is 280 g/mol. The van der Waals surface area contributed by atoms with E-state index in [9.17, 15) is 15.0 Å². The van der Waals surface area contributed by atoms with E-state index in [1.54, 1.807) is 12.1 Å². The zero-order valence-corrected chi connectivity index (χ0v) is 13.7. The van der Waals surface area contributed by atoms with E-state index in [-0.39, 0.29) is 17.2 Å². The van der Waals surface area contributed by atoms with E-state index in [0.717, 1.165) is 56.9 Å². The van der Waals surface area contributed by atoms with Gasteiger partial charge >= 0.3 is 0 Å². The van der Waals surface area contributed by atoms with E-state index in [0.29, 0.717) is 12.2 Å².